The maximum Gasteiger partial charge on any atom is 0.306 e. The Morgan fingerprint density at radius 2 is 1.64 bits per heavy atom. The summed E-state index contributed by atoms with van der Waals surface area (Å²) in [7, 11) is 0. The van der Waals surface area contributed by atoms with Gasteiger partial charge in [0.1, 0.15) is 6.61 Å². The van der Waals surface area contributed by atoms with Crippen LogP contribution in [0.1, 0.15) is 49.7 Å². The van der Waals surface area contributed by atoms with Crippen LogP contribution in [-0.4, -0.2) is 29.7 Å². The van der Waals surface area contributed by atoms with Gasteiger partial charge in [-0.15, -0.1) is 0 Å². The smallest absolute Gasteiger partial charge is 0.306 e. The van der Waals surface area contributed by atoms with Gasteiger partial charge in [0.05, 0.1) is 0 Å². The molecular formula is C23H27NO4. The summed E-state index contributed by atoms with van der Waals surface area (Å²) in [6.07, 6.45) is 1.37. The van der Waals surface area contributed by atoms with Crippen molar-refractivity contribution in [3.05, 3.63) is 59.7 Å². The standard InChI is InChI=1S/C23H27NO4/c1-15(12-16(24)10-11-22(25)26)13-23(27)28-14-21-19-8-4-2-6-17(19)18-7-3-5-9-20(18)21/h2-9,15-16,21H,10-14,24H2,1H3,(H,25,26)/t15-,16-/m0/s1. The maximum atomic E-state index is 12.3. The fraction of sp³-hybridized carbons (Fsp3) is 0.391. The molecule has 5 heteroatoms. The number of hydrogen-bond acceptors (Lipinski definition) is 4. The maximum absolute atomic E-state index is 12.3. The molecule has 0 bridgehead atoms. The van der Waals surface area contributed by atoms with Gasteiger partial charge in [0.2, 0.25) is 0 Å². The second kappa shape index (κ2) is 9.02. The van der Waals surface area contributed by atoms with Crippen LogP contribution < -0.4 is 5.73 Å². The first kappa shape index (κ1) is 20.1. The van der Waals surface area contributed by atoms with E-state index in [9.17, 15) is 9.59 Å². The number of rotatable bonds is 9. The van der Waals surface area contributed by atoms with Crippen LogP contribution in [0.2, 0.25) is 0 Å². The minimum absolute atomic E-state index is 0.0544. The molecule has 0 aromatic heterocycles. The van der Waals surface area contributed by atoms with Crippen molar-refractivity contribution in [2.24, 2.45) is 11.7 Å². The number of carbonyl (C=O) groups is 2. The van der Waals surface area contributed by atoms with Crippen LogP contribution in [0.15, 0.2) is 48.5 Å². The molecule has 2 aromatic carbocycles. The molecule has 1 aliphatic rings. The first-order valence-corrected chi connectivity index (χ1v) is 9.77. The highest BCUT2D eigenvalue weighted by Gasteiger charge is 2.29. The molecule has 0 saturated carbocycles. The molecule has 3 N–H and O–H groups in total. The second-order valence-corrected chi connectivity index (χ2v) is 7.65. The highest BCUT2D eigenvalue weighted by Crippen LogP contribution is 2.44. The third-order valence-corrected chi connectivity index (χ3v) is 5.32. The molecule has 0 fully saturated rings. The van der Waals surface area contributed by atoms with Crippen LogP contribution in [0.25, 0.3) is 11.1 Å². The summed E-state index contributed by atoms with van der Waals surface area (Å²) in [4.78, 5) is 22.9. The third-order valence-electron chi connectivity index (χ3n) is 5.32. The topological polar surface area (TPSA) is 89.6 Å². The van der Waals surface area contributed by atoms with E-state index in [2.05, 4.69) is 24.3 Å². The van der Waals surface area contributed by atoms with E-state index in [4.69, 9.17) is 15.6 Å². The summed E-state index contributed by atoms with van der Waals surface area (Å²) in [5.41, 5.74) is 10.8. The van der Waals surface area contributed by atoms with Gasteiger partial charge >= 0.3 is 11.9 Å². The summed E-state index contributed by atoms with van der Waals surface area (Å²) >= 11 is 0. The van der Waals surface area contributed by atoms with E-state index >= 15 is 0 Å². The van der Waals surface area contributed by atoms with E-state index < -0.39 is 5.97 Å². The zero-order chi connectivity index (χ0) is 20.1. The molecule has 0 radical (unpaired) electrons. The van der Waals surface area contributed by atoms with Gasteiger partial charge in [-0.25, -0.2) is 0 Å². The Hall–Kier alpha value is -2.66. The molecule has 2 aromatic rings. The van der Waals surface area contributed by atoms with Crippen molar-refractivity contribution < 1.29 is 19.4 Å². The van der Waals surface area contributed by atoms with Gasteiger partial charge in [0, 0.05) is 24.8 Å². The SMILES string of the molecule is C[C@H](CC(=O)OCC1c2ccccc2-c2ccccc21)C[C@@H](N)CCC(=O)O. The number of carbonyl (C=O) groups excluding carboxylic acids is 1. The third kappa shape index (κ3) is 4.78. The highest BCUT2D eigenvalue weighted by molar-refractivity contribution is 5.79. The summed E-state index contributed by atoms with van der Waals surface area (Å²) in [5, 5.41) is 8.73. The van der Waals surface area contributed by atoms with Crippen molar-refractivity contribution in [3.8, 4) is 11.1 Å². The van der Waals surface area contributed by atoms with Gasteiger partial charge < -0.3 is 15.6 Å². The Morgan fingerprint density at radius 3 is 2.21 bits per heavy atom. The zero-order valence-electron chi connectivity index (χ0n) is 16.1. The lowest BCUT2D eigenvalue weighted by molar-refractivity contribution is -0.145. The number of ether oxygens (including phenoxy) is 1. The Bertz CT molecular complexity index is 803. The minimum atomic E-state index is -0.848. The second-order valence-electron chi connectivity index (χ2n) is 7.65. The molecule has 1 aliphatic carbocycles. The number of nitrogens with two attached hydrogens (primary N) is 1. The van der Waals surface area contributed by atoms with Crippen LogP contribution in [0.3, 0.4) is 0 Å². The van der Waals surface area contributed by atoms with Gasteiger partial charge in [0.25, 0.3) is 0 Å². The predicted molar refractivity (Wildman–Crippen MR) is 108 cm³/mol. The van der Waals surface area contributed by atoms with E-state index in [1.807, 2.05) is 31.2 Å². The minimum Gasteiger partial charge on any atom is -0.481 e. The van der Waals surface area contributed by atoms with Crippen LogP contribution in [0, 0.1) is 5.92 Å². The fourth-order valence-corrected chi connectivity index (χ4v) is 3.99. The number of carboxylic acid groups (broad SMARTS) is 1. The van der Waals surface area contributed by atoms with Crippen molar-refractivity contribution in [2.75, 3.05) is 6.61 Å². The number of hydrogen-bond donors (Lipinski definition) is 2. The Kier molecular flexibility index (Phi) is 6.47. The number of fused-ring (bicyclic) bond motifs is 3. The van der Waals surface area contributed by atoms with Gasteiger partial charge in [-0.2, -0.15) is 0 Å². The quantitative estimate of drug-likeness (QED) is 0.642. The van der Waals surface area contributed by atoms with Crippen molar-refractivity contribution in [2.45, 2.75) is 44.6 Å². The van der Waals surface area contributed by atoms with E-state index in [-0.39, 0.29) is 36.7 Å². The molecule has 0 heterocycles. The number of esters is 1. The van der Waals surface area contributed by atoms with Gasteiger partial charge in [0.15, 0.2) is 0 Å². The van der Waals surface area contributed by atoms with Gasteiger partial charge in [-0.3, -0.25) is 9.59 Å². The molecule has 0 aliphatic heterocycles. The summed E-state index contributed by atoms with van der Waals surface area (Å²) in [6.45, 7) is 2.27. The Morgan fingerprint density at radius 1 is 1.07 bits per heavy atom. The molecule has 5 nitrogen and oxygen atoms in total. The molecule has 148 valence electrons. The first-order valence-electron chi connectivity index (χ1n) is 9.77. The molecule has 0 spiro atoms. The number of benzene rings is 2. The van der Waals surface area contributed by atoms with E-state index in [0.717, 1.165) is 0 Å². The summed E-state index contributed by atoms with van der Waals surface area (Å²) < 4.78 is 5.62. The van der Waals surface area contributed by atoms with E-state index in [1.165, 1.54) is 22.3 Å². The van der Waals surface area contributed by atoms with Crippen molar-refractivity contribution in [1.82, 2.24) is 0 Å². The monoisotopic (exact) mass is 381 g/mol. The van der Waals surface area contributed by atoms with Crippen molar-refractivity contribution in [1.29, 1.82) is 0 Å². The van der Waals surface area contributed by atoms with Crippen molar-refractivity contribution >= 4 is 11.9 Å². The molecule has 3 rings (SSSR count). The Balaban J connectivity index is 1.54. The lowest BCUT2D eigenvalue weighted by atomic mass is 9.96. The molecule has 28 heavy (non-hydrogen) atoms. The molecule has 0 unspecified atom stereocenters. The van der Waals surface area contributed by atoms with Crippen LogP contribution >= 0.6 is 0 Å². The lowest BCUT2D eigenvalue weighted by Gasteiger charge is -2.18. The summed E-state index contributed by atoms with van der Waals surface area (Å²) in [6, 6.07) is 16.3. The van der Waals surface area contributed by atoms with Crippen LogP contribution in [0.5, 0.6) is 0 Å². The number of aliphatic carboxylic acids is 1. The van der Waals surface area contributed by atoms with Gasteiger partial charge in [-0.05, 0) is 41.0 Å². The van der Waals surface area contributed by atoms with Crippen molar-refractivity contribution in [3.63, 3.8) is 0 Å². The molecular weight excluding hydrogens is 354 g/mol. The lowest BCUT2D eigenvalue weighted by Crippen LogP contribution is -2.25. The average Bonchev–Trinajstić information content (AvgIpc) is 2.98. The fourth-order valence-electron chi connectivity index (χ4n) is 3.99. The highest BCUT2D eigenvalue weighted by atomic mass is 16.5. The predicted octanol–water partition coefficient (Wildman–Crippen LogP) is 3.95. The largest absolute Gasteiger partial charge is 0.481 e. The molecule has 0 amide bonds. The molecule has 0 saturated heterocycles. The summed E-state index contributed by atoms with van der Waals surface area (Å²) in [5.74, 6) is -0.969. The number of carboxylic acids is 1. The van der Waals surface area contributed by atoms with Crippen LogP contribution in [-0.2, 0) is 14.3 Å². The van der Waals surface area contributed by atoms with Crippen LogP contribution in [0.4, 0.5) is 0 Å². The zero-order valence-corrected chi connectivity index (χ0v) is 16.1. The first-order chi connectivity index (χ1) is 13.5. The molecule has 2 atom stereocenters. The average molecular weight is 381 g/mol. The van der Waals surface area contributed by atoms with E-state index in [1.54, 1.807) is 0 Å². The Labute approximate surface area is 165 Å². The normalized spacial score (nSPS) is 14.8. The van der Waals surface area contributed by atoms with E-state index in [0.29, 0.717) is 19.4 Å². The van der Waals surface area contributed by atoms with Gasteiger partial charge in [-0.1, -0.05) is 55.5 Å².